The van der Waals surface area contributed by atoms with Crippen molar-refractivity contribution in [3.8, 4) is 0 Å². The molecule has 0 radical (unpaired) electrons. The highest BCUT2D eigenvalue weighted by Crippen LogP contribution is 2.34. The van der Waals surface area contributed by atoms with Gasteiger partial charge in [0, 0.05) is 31.7 Å². The van der Waals surface area contributed by atoms with Gasteiger partial charge in [0.25, 0.3) is 0 Å². The van der Waals surface area contributed by atoms with Crippen LogP contribution in [0.2, 0.25) is 0 Å². The van der Waals surface area contributed by atoms with E-state index in [9.17, 15) is 13.2 Å². The molecule has 0 saturated carbocycles. The molecule has 3 aromatic rings. The third kappa shape index (κ3) is 3.90. The topological polar surface area (TPSA) is 77.4 Å². The number of hydrogen-bond acceptors (Lipinski definition) is 5. The second-order valence-corrected chi connectivity index (χ2v) is 10.1. The fourth-order valence-corrected chi connectivity index (χ4v) is 6.17. The first-order valence-electron chi connectivity index (χ1n) is 9.71. The Morgan fingerprint density at radius 1 is 1.14 bits per heavy atom. The van der Waals surface area contributed by atoms with E-state index in [-0.39, 0.29) is 15.2 Å². The molecule has 0 spiro atoms. The molecule has 29 heavy (non-hydrogen) atoms. The van der Waals surface area contributed by atoms with Gasteiger partial charge in [0.2, 0.25) is 10.0 Å². The average molecular weight is 433 g/mol. The minimum absolute atomic E-state index is 0.0738. The zero-order valence-electron chi connectivity index (χ0n) is 16.3. The molecule has 1 saturated heterocycles. The van der Waals surface area contributed by atoms with Crippen LogP contribution in [0.4, 0.5) is 0 Å². The van der Waals surface area contributed by atoms with Crippen LogP contribution in [0.25, 0.3) is 10.2 Å². The van der Waals surface area contributed by atoms with Crippen LogP contribution in [0.3, 0.4) is 0 Å². The summed E-state index contributed by atoms with van der Waals surface area (Å²) in [6.07, 6.45) is 1.53. The standard InChI is InChI=1S/C21H24N2O4S2/c1-2-23-18-9-8-17(14-19(18)28-20(23)24)29(25,26)22-15-21(10-12-27-13-11-21)16-6-4-3-5-7-16/h3-9,14,22H,2,10-13,15H2,1H3. The number of nitrogens with zero attached hydrogens (tertiary/aromatic N) is 1. The number of nitrogens with one attached hydrogen (secondary N) is 1. The Labute approximate surface area is 174 Å². The number of aromatic nitrogens is 1. The molecule has 1 aliphatic rings. The minimum atomic E-state index is -3.70. The van der Waals surface area contributed by atoms with E-state index in [0.29, 0.717) is 31.0 Å². The normalized spacial score (nSPS) is 16.9. The second kappa shape index (κ2) is 8.02. The molecule has 154 valence electrons. The molecule has 1 fully saturated rings. The predicted molar refractivity (Wildman–Crippen MR) is 115 cm³/mol. The van der Waals surface area contributed by atoms with E-state index in [2.05, 4.69) is 16.9 Å². The van der Waals surface area contributed by atoms with E-state index in [0.717, 1.165) is 35.3 Å². The predicted octanol–water partition coefficient (Wildman–Crippen LogP) is 3.11. The molecule has 0 amide bonds. The Kier molecular flexibility index (Phi) is 5.61. The fourth-order valence-electron chi connectivity index (χ4n) is 3.95. The minimum Gasteiger partial charge on any atom is -0.381 e. The smallest absolute Gasteiger partial charge is 0.308 e. The Balaban J connectivity index is 1.62. The van der Waals surface area contributed by atoms with Crippen molar-refractivity contribution in [3.05, 3.63) is 63.8 Å². The molecule has 0 atom stereocenters. The lowest BCUT2D eigenvalue weighted by atomic mass is 9.74. The summed E-state index contributed by atoms with van der Waals surface area (Å²) in [5, 5.41) is 0. The van der Waals surface area contributed by atoms with Gasteiger partial charge in [-0.2, -0.15) is 0 Å². The van der Waals surface area contributed by atoms with Crippen molar-refractivity contribution in [3.63, 3.8) is 0 Å². The number of fused-ring (bicyclic) bond motifs is 1. The maximum absolute atomic E-state index is 13.0. The Morgan fingerprint density at radius 2 is 1.86 bits per heavy atom. The number of thiazole rings is 1. The van der Waals surface area contributed by atoms with Crippen LogP contribution in [-0.4, -0.2) is 32.7 Å². The van der Waals surface area contributed by atoms with E-state index in [4.69, 9.17) is 4.74 Å². The second-order valence-electron chi connectivity index (χ2n) is 7.33. The van der Waals surface area contributed by atoms with Crippen molar-refractivity contribution in [2.75, 3.05) is 19.8 Å². The van der Waals surface area contributed by atoms with E-state index < -0.39 is 10.0 Å². The third-order valence-corrected chi connectivity index (χ3v) is 8.04. The van der Waals surface area contributed by atoms with Crippen LogP contribution in [-0.2, 0) is 26.7 Å². The molecule has 6 nitrogen and oxygen atoms in total. The summed E-state index contributed by atoms with van der Waals surface area (Å²) < 4.78 is 36.7. The maximum Gasteiger partial charge on any atom is 0.308 e. The number of rotatable bonds is 6. The maximum atomic E-state index is 13.0. The van der Waals surface area contributed by atoms with Crippen LogP contribution in [0, 0.1) is 0 Å². The van der Waals surface area contributed by atoms with Gasteiger partial charge in [-0.25, -0.2) is 13.1 Å². The lowest BCUT2D eigenvalue weighted by Crippen LogP contribution is -2.44. The average Bonchev–Trinajstić information content (AvgIpc) is 3.07. The van der Waals surface area contributed by atoms with Gasteiger partial charge in [0.05, 0.1) is 15.1 Å². The highest BCUT2D eigenvalue weighted by atomic mass is 32.2. The molecule has 0 aliphatic carbocycles. The quantitative estimate of drug-likeness (QED) is 0.649. The van der Waals surface area contributed by atoms with Gasteiger partial charge < -0.3 is 4.74 Å². The molecule has 8 heteroatoms. The molecule has 4 rings (SSSR count). The van der Waals surface area contributed by atoms with Gasteiger partial charge in [-0.3, -0.25) is 9.36 Å². The molecule has 2 heterocycles. The van der Waals surface area contributed by atoms with Crippen LogP contribution < -0.4 is 9.60 Å². The fraction of sp³-hybridized carbons (Fsp3) is 0.381. The van der Waals surface area contributed by atoms with Crippen molar-refractivity contribution in [2.45, 2.75) is 36.6 Å². The van der Waals surface area contributed by atoms with Crippen molar-refractivity contribution >= 4 is 31.6 Å². The van der Waals surface area contributed by atoms with Gasteiger partial charge in [-0.05, 0) is 43.5 Å². The Hall–Kier alpha value is -2.00. The molecule has 1 aliphatic heterocycles. The number of hydrogen-bond donors (Lipinski definition) is 1. The molecule has 1 N–H and O–H groups in total. The third-order valence-electron chi connectivity index (χ3n) is 5.70. The van der Waals surface area contributed by atoms with Crippen molar-refractivity contribution in [1.82, 2.24) is 9.29 Å². The summed E-state index contributed by atoms with van der Waals surface area (Å²) >= 11 is 1.07. The van der Waals surface area contributed by atoms with Gasteiger partial charge >= 0.3 is 4.87 Å². The van der Waals surface area contributed by atoms with E-state index >= 15 is 0 Å². The van der Waals surface area contributed by atoms with E-state index in [1.54, 1.807) is 22.8 Å². The van der Waals surface area contributed by atoms with Crippen LogP contribution >= 0.6 is 11.3 Å². The highest BCUT2D eigenvalue weighted by Gasteiger charge is 2.35. The number of ether oxygens (including phenoxy) is 1. The Bertz CT molecular complexity index is 1160. The molecular formula is C21H24N2O4S2. The summed E-state index contributed by atoms with van der Waals surface area (Å²) in [5.41, 5.74) is 1.61. The SMILES string of the molecule is CCn1c(=O)sc2cc(S(=O)(=O)NCC3(c4ccccc4)CCOCC3)ccc21. The Morgan fingerprint density at radius 3 is 2.55 bits per heavy atom. The van der Waals surface area contributed by atoms with Crippen LogP contribution in [0.1, 0.15) is 25.3 Å². The van der Waals surface area contributed by atoms with Crippen molar-refractivity contribution in [1.29, 1.82) is 0 Å². The summed E-state index contributed by atoms with van der Waals surface area (Å²) in [6, 6.07) is 14.9. The summed E-state index contributed by atoms with van der Waals surface area (Å²) in [4.78, 5) is 12.2. The zero-order chi connectivity index (χ0) is 20.5. The number of sulfonamides is 1. The van der Waals surface area contributed by atoms with Gasteiger partial charge in [0.15, 0.2) is 0 Å². The van der Waals surface area contributed by atoms with Gasteiger partial charge in [-0.15, -0.1) is 0 Å². The molecule has 0 unspecified atom stereocenters. The van der Waals surface area contributed by atoms with Crippen LogP contribution in [0.5, 0.6) is 0 Å². The summed E-state index contributed by atoms with van der Waals surface area (Å²) in [6.45, 7) is 4.00. The first-order valence-corrected chi connectivity index (χ1v) is 12.0. The lowest BCUT2D eigenvalue weighted by molar-refractivity contribution is 0.0517. The van der Waals surface area contributed by atoms with Gasteiger partial charge in [0.1, 0.15) is 0 Å². The van der Waals surface area contributed by atoms with Crippen LogP contribution in [0.15, 0.2) is 58.2 Å². The van der Waals surface area contributed by atoms with Gasteiger partial charge in [-0.1, -0.05) is 41.7 Å². The summed E-state index contributed by atoms with van der Waals surface area (Å²) in [7, 11) is -3.70. The number of benzene rings is 2. The highest BCUT2D eigenvalue weighted by molar-refractivity contribution is 7.89. The molecule has 2 aromatic carbocycles. The first kappa shape index (κ1) is 20.3. The first-order chi connectivity index (χ1) is 14.0. The molecular weight excluding hydrogens is 408 g/mol. The molecule has 0 bridgehead atoms. The number of aryl methyl sites for hydroxylation is 1. The summed E-state index contributed by atoms with van der Waals surface area (Å²) in [5.74, 6) is 0. The van der Waals surface area contributed by atoms with E-state index in [1.165, 1.54) is 0 Å². The lowest BCUT2D eigenvalue weighted by Gasteiger charge is -2.37. The molecule has 1 aromatic heterocycles. The van der Waals surface area contributed by atoms with E-state index in [1.807, 2.05) is 25.1 Å². The zero-order valence-corrected chi connectivity index (χ0v) is 17.9. The largest absolute Gasteiger partial charge is 0.381 e. The van der Waals surface area contributed by atoms with Crippen molar-refractivity contribution in [2.24, 2.45) is 0 Å². The van der Waals surface area contributed by atoms with Crippen molar-refractivity contribution < 1.29 is 13.2 Å². The monoisotopic (exact) mass is 432 g/mol.